The molecule has 0 aromatic rings. The molecule has 3 heteroatoms. The molecule has 0 amide bonds. The topological polar surface area (TPSA) is 0 Å². The lowest BCUT2D eigenvalue weighted by molar-refractivity contribution is 2.29. The van der Waals surface area contributed by atoms with Crippen molar-refractivity contribution >= 4 is 34.8 Å². The smallest absolute Gasteiger partial charge is 0.170 e. The lowest BCUT2D eigenvalue weighted by Gasteiger charge is -1.83. The monoisotopic (exact) mass is 124 g/mol. The Balaban J connectivity index is 0. The van der Waals surface area contributed by atoms with Crippen LogP contribution in [0.4, 0.5) is 0 Å². The zero-order valence-electron chi connectivity index (χ0n) is 3.43. The summed E-state index contributed by atoms with van der Waals surface area (Å²) in [5, 5.41) is 0. The SMILES string of the molecule is C[P](C)[Al].Cl. The van der Waals surface area contributed by atoms with Gasteiger partial charge in [0.25, 0.3) is 0 Å². The summed E-state index contributed by atoms with van der Waals surface area (Å²) in [4.78, 5) is 0. The number of hydrogen-bond donors (Lipinski definition) is 0. The van der Waals surface area contributed by atoms with Gasteiger partial charge in [-0.3, -0.25) is 0 Å². The molecule has 0 rings (SSSR count). The highest BCUT2D eigenvalue weighted by Gasteiger charge is 1.65. The second-order valence-corrected chi connectivity index (χ2v) is 5.99. The van der Waals surface area contributed by atoms with Crippen molar-refractivity contribution in [3.05, 3.63) is 0 Å². The van der Waals surface area contributed by atoms with E-state index in [1.54, 1.807) is 0 Å². The number of rotatable bonds is 0. The van der Waals surface area contributed by atoms with Crippen molar-refractivity contribution in [2.75, 3.05) is 13.3 Å². The predicted molar refractivity (Wildman–Crippen MR) is 31.8 cm³/mol. The van der Waals surface area contributed by atoms with Gasteiger partial charge in [-0.25, -0.2) is 6.57 Å². The third-order valence-electron chi connectivity index (χ3n) is 0. The van der Waals surface area contributed by atoms with Crippen molar-refractivity contribution in [2.45, 2.75) is 0 Å². The van der Waals surface area contributed by atoms with Gasteiger partial charge < -0.3 is 0 Å². The zero-order valence-corrected chi connectivity index (χ0v) is 6.30. The predicted octanol–water partition coefficient (Wildman–Crippen LogP) is 1.23. The van der Waals surface area contributed by atoms with E-state index >= 15 is 0 Å². The first-order valence-electron chi connectivity index (χ1n) is 1.15. The second-order valence-electron chi connectivity index (χ2n) is 0.964. The molecule has 0 atom stereocenters. The summed E-state index contributed by atoms with van der Waals surface area (Å²) < 4.78 is 0. The maximum absolute atomic E-state index is 2.72. The molecule has 5 heavy (non-hydrogen) atoms. The van der Waals surface area contributed by atoms with Crippen LogP contribution in [0.3, 0.4) is 0 Å². The van der Waals surface area contributed by atoms with E-state index in [9.17, 15) is 0 Å². The Bertz CT molecular complexity index is 14.4. The molecule has 0 aromatic carbocycles. The summed E-state index contributed by atoms with van der Waals surface area (Å²) in [5.41, 5.74) is 0. The molecule has 0 heterocycles. The van der Waals surface area contributed by atoms with Crippen LogP contribution in [0.25, 0.3) is 0 Å². The van der Waals surface area contributed by atoms with Crippen LogP contribution in [0, 0.1) is 0 Å². The highest BCUT2D eigenvalue weighted by atomic mass is 35.5. The van der Waals surface area contributed by atoms with E-state index in [0.717, 1.165) is 0 Å². The third-order valence-corrected chi connectivity index (χ3v) is 0. The van der Waals surface area contributed by atoms with Gasteiger partial charge >= 0.3 is 0 Å². The van der Waals surface area contributed by atoms with Crippen molar-refractivity contribution < 1.29 is 0 Å². The molecule has 0 aliphatic heterocycles. The van der Waals surface area contributed by atoms with E-state index in [1.807, 2.05) is 0 Å². The van der Waals surface area contributed by atoms with Crippen molar-refractivity contribution in [2.24, 2.45) is 0 Å². The van der Waals surface area contributed by atoms with Crippen LogP contribution < -0.4 is 0 Å². The Morgan fingerprint density at radius 1 is 1.40 bits per heavy atom. The molecule has 0 bridgehead atoms. The van der Waals surface area contributed by atoms with E-state index in [4.69, 9.17) is 0 Å². The fraction of sp³-hybridized carbons (Fsp3) is 1.00. The van der Waals surface area contributed by atoms with Crippen molar-refractivity contribution in [3.63, 3.8) is 0 Å². The standard InChI is InChI=1S/C2H6P.Al.ClH/c1-3-2;;/h1-2H3;;1H/q-1;+1;. The molecule has 0 nitrogen and oxygen atoms in total. The van der Waals surface area contributed by atoms with Gasteiger partial charge in [0, 0.05) is 0 Å². The van der Waals surface area contributed by atoms with Gasteiger partial charge in [0.05, 0.1) is 0 Å². The van der Waals surface area contributed by atoms with Gasteiger partial charge in [-0.15, -0.1) is 12.4 Å². The van der Waals surface area contributed by atoms with Crippen molar-refractivity contribution in [3.8, 4) is 0 Å². The fourth-order valence-electron chi connectivity index (χ4n) is 0. The Morgan fingerprint density at radius 2 is 1.40 bits per heavy atom. The van der Waals surface area contributed by atoms with Gasteiger partial charge in [-0.2, -0.15) is 0 Å². The minimum Gasteiger partial charge on any atom is -0.207 e. The molecule has 0 unspecified atom stereocenters. The lowest BCUT2D eigenvalue weighted by atomic mass is 11.9. The Labute approximate surface area is 48.5 Å². The van der Waals surface area contributed by atoms with E-state index in [1.165, 1.54) is 0 Å². The van der Waals surface area contributed by atoms with E-state index in [-0.39, 0.29) is 12.4 Å². The van der Waals surface area contributed by atoms with E-state index in [0.29, 0.717) is 6.57 Å². The van der Waals surface area contributed by atoms with E-state index in [2.05, 4.69) is 29.2 Å². The van der Waals surface area contributed by atoms with Crippen LogP contribution in [0.15, 0.2) is 0 Å². The second kappa shape index (κ2) is 5.25. The Kier molecular flexibility index (Phi) is 10.0. The van der Waals surface area contributed by atoms with Gasteiger partial charge in [0.1, 0.15) is 0 Å². The quantitative estimate of drug-likeness (QED) is 0.337. The van der Waals surface area contributed by atoms with Crippen LogP contribution in [-0.2, 0) is 0 Å². The Morgan fingerprint density at radius 3 is 1.40 bits per heavy atom. The van der Waals surface area contributed by atoms with Gasteiger partial charge in [-0.05, 0) is 0 Å². The molecule has 0 aliphatic carbocycles. The molecule has 0 saturated heterocycles. The molecule has 0 fully saturated rings. The molecule has 0 aliphatic rings. The van der Waals surface area contributed by atoms with Crippen molar-refractivity contribution in [1.82, 2.24) is 0 Å². The zero-order chi connectivity index (χ0) is 3.58. The molecule has 2 radical (unpaired) electrons. The molecular formula is C2H7AlClP. The highest BCUT2D eigenvalue weighted by molar-refractivity contribution is 7.80. The minimum atomic E-state index is 0. The third kappa shape index (κ3) is 35.4. The minimum absolute atomic E-state index is 0. The lowest BCUT2D eigenvalue weighted by Crippen LogP contribution is -1.52. The normalized spacial score (nSPS) is 7.00. The average molecular weight is 124 g/mol. The van der Waals surface area contributed by atoms with Crippen LogP contribution in [0.2, 0.25) is 0 Å². The summed E-state index contributed by atoms with van der Waals surface area (Å²) in [6.45, 7) is 4.69. The number of hydrogen-bond acceptors (Lipinski definition) is 0. The van der Waals surface area contributed by atoms with Crippen LogP contribution >= 0.6 is 19.0 Å². The first-order chi connectivity index (χ1) is 1.73. The van der Waals surface area contributed by atoms with Crippen LogP contribution in [0.5, 0.6) is 0 Å². The summed E-state index contributed by atoms with van der Waals surface area (Å²) >= 11 is 2.72. The Hall–Kier alpha value is 1.25. The first kappa shape index (κ1) is 9.54. The molecular weight excluding hydrogens is 117 g/mol. The van der Waals surface area contributed by atoms with Crippen LogP contribution in [0.1, 0.15) is 0 Å². The summed E-state index contributed by atoms with van der Waals surface area (Å²) in [6.07, 6.45) is 0. The highest BCUT2D eigenvalue weighted by Crippen LogP contribution is 2.12. The van der Waals surface area contributed by atoms with E-state index < -0.39 is 0 Å². The fourth-order valence-corrected chi connectivity index (χ4v) is 0. The first-order valence-corrected chi connectivity index (χ1v) is 5.01. The maximum atomic E-state index is 2.72. The van der Waals surface area contributed by atoms with Gasteiger partial charge in [0.2, 0.25) is 0 Å². The molecule has 0 saturated carbocycles. The van der Waals surface area contributed by atoms with Gasteiger partial charge in [-0.1, -0.05) is 13.3 Å². The van der Waals surface area contributed by atoms with Gasteiger partial charge in [0.15, 0.2) is 15.8 Å². The van der Waals surface area contributed by atoms with Crippen molar-refractivity contribution in [1.29, 1.82) is 0 Å². The maximum Gasteiger partial charge on any atom is 0.170 e. The summed E-state index contributed by atoms with van der Waals surface area (Å²) in [6, 6.07) is 0. The largest absolute Gasteiger partial charge is 0.207 e. The average Bonchev–Trinajstić information content (AvgIpc) is 0.811. The summed E-state index contributed by atoms with van der Waals surface area (Å²) in [7, 11) is 0. The molecule has 0 spiro atoms. The molecule has 30 valence electrons. The molecule has 0 aromatic heterocycles. The molecule has 0 N–H and O–H groups in total. The number of halogens is 1. The summed E-state index contributed by atoms with van der Waals surface area (Å²) in [5.74, 6) is 0. The van der Waals surface area contributed by atoms with Crippen LogP contribution in [-0.4, -0.2) is 29.2 Å².